The van der Waals surface area contributed by atoms with Gasteiger partial charge in [-0.3, -0.25) is 4.79 Å². The van der Waals surface area contributed by atoms with Crippen molar-refractivity contribution < 1.29 is 13.6 Å². The largest absolute Gasteiger partial charge is 0.281 e. The van der Waals surface area contributed by atoms with Crippen molar-refractivity contribution in [2.75, 3.05) is 0 Å². The third-order valence-electron chi connectivity index (χ3n) is 2.94. The van der Waals surface area contributed by atoms with E-state index in [1.807, 2.05) is 0 Å². The van der Waals surface area contributed by atoms with Gasteiger partial charge in [0, 0.05) is 0 Å². The van der Waals surface area contributed by atoms with Crippen molar-refractivity contribution in [1.82, 2.24) is 0 Å². The Morgan fingerprint density at radius 3 is 2.33 bits per heavy atom. The molecule has 0 heterocycles. The molecule has 0 N–H and O–H groups in total. The highest BCUT2D eigenvalue weighted by molar-refractivity contribution is 6.64. The predicted molar refractivity (Wildman–Crippen MR) is 56.3 cm³/mol. The molecule has 86 valence electrons. The SMILES string of the molecule is C=CCCC1CC(F)C(C(=O)Cl)C(F)C1. The Hall–Kier alpha value is -0.440. The van der Waals surface area contributed by atoms with Crippen molar-refractivity contribution in [2.45, 2.75) is 38.0 Å². The van der Waals surface area contributed by atoms with Crippen LogP contribution >= 0.6 is 11.6 Å². The van der Waals surface area contributed by atoms with Gasteiger partial charge < -0.3 is 0 Å². The van der Waals surface area contributed by atoms with Gasteiger partial charge in [0.2, 0.25) is 5.24 Å². The minimum atomic E-state index is -1.44. The normalized spacial score (nSPS) is 36.2. The fourth-order valence-corrected chi connectivity index (χ4v) is 2.40. The molecular formula is C11H15ClF2O. The van der Waals surface area contributed by atoms with Crippen LogP contribution in [0.25, 0.3) is 0 Å². The molecule has 1 fully saturated rings. The molecule has 0 bridgehead atoms. The van der Waals surface area contributed by atoms with Gasteiger partial charge in [0.15, 0.2) is 0 Å². The zero-order chi connectivity index (χ0) is 11.4. The van der Waals surface area contributed by atoms with Crippen molar-refractivity contribution in [3.8, 4) is 0 Å². The average molecular weight is 237 g/mol. The summed E-state index contributed by atoms with van der Waals surface area (Å²) in [5.74, 6) is -1.26. The van der Waals surface area contributed by atoms with Crippen LogP contribution in [0.5, 0.6) is 0 Å². The molecule has 1 nitrogen and oxygen atoms in total. The second kappa shape index (κ2) is 5.59. The highest BCUT2D eigenvalue weighted by atomic mass is 35.5. The van der Waals surface area contributed by atoms with Gasteiger partial charge in [0.1, 0.15) is 12.3 Å². The molecule has 0 aromatic carbocycles. The van der Waals surface area contributed by atoms with Crippen molar-refractivity contribution >= 4 is 16.8 Å². The molecule has 15 heavy (non-hydrogen) atoms. The molecule has 0 radical (unpaired) electrons. The molecular weight excluding hydrogens is 222 g/mol. The van der Waals surface area contributed by atoms with Crippen LogP contribution in [0, 0.1) is 11.8 Å². The maximum Gasteiger partial charge on any atom is 0.230 e. The maximum absolute atomic E-state index is 13.5. The van der Waals surface area contributed by atoms with E-state index in [9.17, 15) is 13.6 Å². The smallest absolute Gasteiger partial charge is 0.230 e. The van der Waals surface area contributed by atoms with Gasteiger partial charge in [-0.1, -0.05) is 6.08 Å². The molecule has 2 unspecified atom stereocenters. The van der Waals surface area contributed by atoms with Crippen LogP contribution in [0.4, 0.5) is 8.78 Å². The molecule has 1 aliphatic carbocycles. The number of carbonyl (C=O) groups is 1. The summed E-state index contributed by atoms with van der Waals surface area (Å²) in [5.41, 5.74) is 0. The minimum absolute atomic E-state index is 0.000247. The summed E-state index contributed by atoms with van der Waals surface area (Å²) in [4.78, 5) is 10.8. The fraction of sp³-hybridized carbons (Fsp3) is 0.727. The van der Waals surface area contributed by atoms with Crippen molar-refractivity contribution in [3.63, 3.8) is 0 Å². The quantitative estimate of drug-likeness (QED) is 0.540. The van der Waals surface area contributed by atoms with Crippen molar-refractivity contribution in [1.29, 1.82) is 0 Å². The Morgan fingerprint density at radius 1 is 1.40 bits per heavy atom. The van der Waals surface area contributed by atoms with E-state index in [0.717, 1.165) is 12.8 Å². The van der Waals surface area contributed by atoms with E-state index < -0.39 is 23.5 Å². The van der Waals surface area contributed by atoms with Gasteiger partial charge in [-0.15, -0.1) is 6.58 Å². The predicted octanol–water partition coefficient (Wildman–Crippen LogP) is 3.42. The Balaban J connectivity index is 2.54. The van der Waals surface area contributed by atoms with Gasteiger partial charge in [-0.25, -0.2) is 8.78 Å². The lowest BCUT2D eigenvalue weighted by Gasteiger charge is -2.32. The van der Waals surface area contributed by atoms with E-state index in [0.29, 0.717) is 0 Å². The summed E-state index contributed by atoms with van der Waals surface area (Å²) in [7, 11) is 0. The molecule has 1 saturated carbocycles. The lowest BCUT2D eigenvalue weighted by atomic mass is 9.78. The first-order chi connectivity index (χ1) is 7.06. The van der Waals surface area contributed by atoms with Gasteiger partial charge >= 0.3 is 0 Å². The molecule has 0 aromatic rings. The molecule has 4 heteroatoms. The summed E-state index contributed by atoms with van der Waals surface area (Å²) < 4.78 is 26.9. The number of allylic oxidation sites excluding steroid dienone is 1. The number of hydrogen-bond donors (Lipinski definition) is 0. The number of alkyl halides is 2. The summed E-state index contributed by atoms with van der Waals surface area (Å²) in [6.07, 6.45) is 0.813. The summed E-state index contributed by atoms with van der Waals surface area (Å²) in [6, 6.07) is 0. The van der Waals surface area contributed by atoms with Crippen LogP contribution in [-0.4, -0.2) is 17.6 Å². The number of hydrogen-bond acceptors (Lipinski definition) is 1. The maximum atomic E-state index is 13.5. The minimum Gasteiger partial charge on any atom is -0.281 e. The van der Waals surface area contributed by atoms with Gasteiger partial charge in [0.25, 0.3) is 0 Å². The Bertz CT molecular complexity index is 233. The Kier molecular flexibility index (Phi) is 4.71. The molecule has 2 atom stereocenters. The van der Waals surface area contributed by atoms with E-state index in [4.69, 9.17) is 11.6 Å². The first-order valence-corrected chi connectivity index (χ1v) is 5.52. The summed E-state index contributed by atoms with van der Waals surface area (Å²) in [5, 5.41) is -0.892. The van der Waals surface area contributed by atoms with E-state index in [-0.39, 0.29) is 18.8 Å². The monoisotopic (exact) mass is 236 g/mol. The Labute approximate surface area is 93.5 Å². The molecule has 1 rings (SSSR count). The molecule has 0 amide bonds. The molecule has 0 saturated heterocycles. The van der Waals surface area contributed by atoms with Gasteiger partial charge in [0.05, 0.1) is 5.92 Å². The van der Waals surface area contributed by atoms with Crippen LogP contribution < -0.4 is 0 Å². The third kappa shape index (κ3) is 3.26. The molecule has 0 spiro atoms. The van der Waals surface area contributed by atoms with E-state index in [1.54, 1.807) is 6.08 Å². The Morgan fingerprint density at radius 2 is 1.93 bits per heavy atom. The van der Waals surface area contributed by atoms with Crippen LogP contribution in [-0.2, 0) is 4.79 Å². The van der Waals surface area contributed by atoms with E-state index in [2.05, 4.69) is 6.58 Å². The van der Waals surface area contributed by atoms with Gasteiger partial charge in [-0.05, 0) is 43.2 Å². The second-order valence-corrected chi connectivity index (χ2v) is 4.44. The second-order valence-electron chi connectivity index (χ2n) is 4.07. The topological polar surface area (TPSA) is 17.1 Å². The highest BCUT2D eigenvalue weighted by Gasteiger charge is 2.41. The third-order valence-corrected chi connectivity index (χ3v) is 3.19. The summed E-state index contributed by atoms with van der Waals surface area (Å²) in [6.45, 7) is 3.56. The van der Waals surface area contributed by atoms with Crippen LogP contribution in [0.3, 0.4) is 0 Å². The van der Waals surface area contributed by atoms with E-state index >= 15 is 0 Å². The zero-order valence-electron chi connectivity index (χ0n) is 8.46. The summed E-state index contributed by atoms with van der Waals surface area (Å²) >= 11 is 5.16. The highest BCUT2D eigenvalue weighted by Crippen LogP contribution is 2.36. The van der Waals surface area contributed by atoms with Crippen LogP contribution in [0.1, 0.15) is 25.7 Å². The fourth-order valence-electron chi connectivity index (χ4n) is 2.13. The van der Waals surface area contributed by atoms with Crippen LogP contribution in [0.15, 0.2) is 12.7 Å². The van der Waals surface area contributed by atoms with Crippen LogP contribution in [0.2, 0.25) is 0 Å². The zero-order valence-corrected chi connectivity index (χ0v) is 9.22. The number of halogens is 3. The van der Waals surface area contributed by atoms with Crippen molar-refractivity contribution in [3.05, 3.63) is 12.7 Å². The molecule has 0 aromatic heterocycles. The average Bonchev–Trinajstić information content (AvgIpc) is 2.12. The number of carbonyl (C=O) groups excluding carboxylic acids is 1. The first-order valence-electron chi connectivity index (χ1n) is 5.14. The first kappa shape index (κ1) is 12.6. The standard InChI is InChI=1S/C11H15ClF2O/c1-2-3-4-7-5-8(13)10(11(12)15)9(14)6-7/h2,7-10H,1,3-6H2. The number of rotatable bonds is 4. The van der Waals surface area contributed by atoms with E-state index in [1.165, 1.54) is 0 Å². The lowest BCUT2D eigenvalue weighted by molar-refractivity contribution is -0.121. The van der Waals surface area contributed by atoms with Gasteiger partial charge in [-0.2, -0.15) is 0 Å². The molecule has 1 aliphatic rings. The van der Waals surface area contributed by atoms with Crippen molar-refractivity contribution in [2.24, 2.45) is 11.8 Å². The lowest BCUT2D eigenvalue weighted by Crippen LogP contribution is -2.38. The molecule has 0 aliphatic heterocycles.